The van der Waals surface area contributed by atoms with E-state index in [1.807, 2.05) is 23.1 Å². The minimum atomic E-state index is -0.136. The van der Waals surface area contributed by atoms with Crippen LogP contribution in [0.1, 0.15) is 26.7 Å². The lowest BCUT2D eigenvalue weighted by molar-refractivity contribution is -0.131. The molecule has 0 atom stereocenters. The summed E-state index contributed by atoms with van der Waals surface area (Å²) in [6.45, 7) is 7.88. The summed E-state index contributed by atoms with van der Waals surface area (Å²) in [7, 11) is 0. The minimum Gasteiger partial charge on any atom is -0.486 e. The van der Waals surface area contributed by atoms with Gasteiger partial charge >= 0.3 is 6.03 Å². The molecular formula is C19H27N3O4. The molecule has 0 unspecified atom stereocenters. The lowest BCUT2D eigenvalue weighted by atomic mass is 10.2. The Balaban J connectivity index is 1.65. The summed E-state index contributed by atoms with van der Waals surface area (Å²) in [5.74, 6) is 1.38. The predicted octanol–water partition coefficient (Wildman–Crippen LogP) is 2.35. The molecule has 142 valence electrons. The topological polar surface area (TPSA) is 62.3 Å². The fourth-order valence-corrected chi connectivity index (χ4v) is 3.33. The summed E-state index contributed by atoms with van der Waals surface area (Å²) in [6, 6.07) is 5.38. The van der Waals surface area contributed by atoms with Crippen molar-refractivity contribution in [2.24, 2.45) is 0 Å². The Bertz CT molecular complexity index is 658. The third-order valence-electron chi connectivity index (χ3n) is 4.60. The SMILES string of the molecule is CCCN(CCC)C(=O)CN1CCN(c2ccc3c(c2)OCCO3)C1=O. The Labute approximate surface area is 154 Å². The summed E-state index contributed by atoms with van der Waals surface area (Å²) < 4.78 is 11.1. The molecule has 0 spiro atoms. The predicted molar refractivity (Wildman–Crippen MR) is 98.9 cm³/mol. The molecule has 2 aliphatic heterocycles. The number of anilines is 1. The fourth-order valence-electron chi connectivity index (χ4n) is 3.33. The van der Waals surface area contributed by atoms with Crippen LogP contribution in [0.25, 0.3) is 0 Å². The molecule has 26 heavy (non-hydrogen) atoms. The summed E-state index contributed by atoms with van der Waals surface area (Å²) in [5.41, 5.74) is 0.771. The van der Waals surface area contributed by atoms with Gasteiger partial charge in [-0.15, -0.1) is 0 Å². The van der Waals surface area contributed by atoms with Crippen LogP contribution in [-0.4, -0.2) is 67.7 Å². The van der Waals surface area contributed by atoms with E-state index < -0.39 is 0 Å². The van der Waals surface area contributed by atoms with Crippen LogP contribution in [0.15, 0.2) is 18.2 Å². The molecule has 3 amide bonds. The molecule has 0 aromatic heterocycles. The van der Waals surface area contributed by atoms with Gasteiger partial charge in [-0.05, 0) is 25.0 Å². The number of benzene rings is 1. The number of carbonyl (C=O) groups is 2. The van der Waals surface area contributed by atoms with Gasteiger partial charge < -0.3 is 19.3 Å². The molecule has 1 aromatic carbocycles. The molecule has 0 saturated carbocycles. The summed E-state index contributed by atoms with van der Waals surface area (Å²) >= 11 is 0. The number of carbonyl (C=O) groups excluding carboxylic acids is 2. The Morgan fingerprint density at radius 2 is 1.77 bits per heavy atom. The van der Waals surface area contributed by atoms with E-state index in [-0.39, 0.29) is 18.5 Å². The molecule has 2 heterocycles. The van der Waals surface area contributed by atoms with Crippen LogP contribution in [0, 0.1) is 0 Å². The number of nitrogens with zero attached hydrogens (tertiary/aromatic N) is 3. The van der Waals surface area contributed by atoms with Crippen LogP contribution < -0.4 is 14.4 Å². The van der Waals surface area contributed by atoms with Crippen LogP contribution in [0.2, 0.25) is 0 Å². The quantitative estimate of drug-likeness (QED) is 0.748. The summed E-state index contributed by atoms with van der Waals surface area (Å²) in [4.78, 5) is 30.5. The van der Waals surface area contributed by atoms with Gasteiger partial charge in [-0.2, -0.15) is 0 Å². The number of hydrogen-bond donors (Lipinski definition) is 0. The molecule has 1 aromatic rings. The molecule has 0 bridgehead atoms. The number of ether oxygens (including phenoxy) is 2. The highest BCUT2D eigenvalue weighted by atomic mass is 16.6. The second-order valence-electron chi connectivity index (χ2n) is 6.56. The second-order valence-corrected chi connectivity index (χ2v) is 6.56. The smallest absolute Gasteiger partial charge is 0.325 e. The van der Waals surface area contributed by atoms with Gasteiger partial charge in [0.15, 0.2) is 11.5 Å². The van der Waals surface area contributed by atoms with E-state index >= 15 is 0 Å². The number of rotatable bonds is 7. The van der Waals surface area contributed by atoms with Crippen LogP contribution in [0.4, 0.5) is 10.5 Å². The third kappa shape index (κ3) is 3.86. The molecule has 7 nitrogen and oxygen atoms in total. The van der Waals surface area contributed by atoms with Crippen molar-refractivity contribution in [2.75, 3.05) is 50.8 Å². The summed E-state index contributed by atoms with van der Waals surface area (Å²) in [5, 5.41) is 0. The molecule has 0 N–H and O–H groups in total. The van der Waals surface area contributed by atoms with Crippen molar-refractivity contribution in [1.82, 2.24) is 9.80 Å². The van der Waals surface area contributed by atoms with E-state index in [9.17, 15) is 9.59 Å². The molecule has 2 aliphatic rings. The van der Waals surface area contributed by atoms with Crippen molar-refractivity contribution in [2.45, 2.75) is 26.7 Å². The summed E-state index contributed by atoms with van der Waals surface area (Å²) in [6.07, 6.45) is 1.84. The third-order valence-corrected chi connectivity index (χ3v) is 4.60. The normalized spacial score (nSPS) is 16.2. The van der Waals surface area contributed by atoms with Crippen molar-refractivity contribution in [3.05, 3.63) is 18.2 Å². The van der Waals surface area contributed by atoms with Crippen molar-refractivity contribution in [3.8, 4) is 11.5 Å². The maximum atomic E-state index is 12.8. The highest BCUT2D eigenvalue weighted by Gasteiger charge is 2.32. The van der Waals surface area contributed by atoms with Crippen LogP contribution >= 0.6 is 0 Å². The molecule has 1 fully saturated rings. The largest absolute Gasteiger partial charge is 0.486 e. The Hall–Kier alpha value is -2.44. The molecule has 1 saturated heterocycles. The highest BCUT2D eigenvalue weighted by molar-refractivity contribution is 5.96. The first-order valence-corrected chi connectivity index (χ1v) is 9.38. The van der Waals surface area contributed by atoms with Gasteiger partial charge in [-0.3, -0.25) is 9.69 Å². The van der Waals surface area contributed by atoms with E-state index in [4.69, 9.17) is 9.47 Å². The van der Waals surface area contributed by atoms with Gasteiger partial charge in [0.05, 0.1) is 0 Å². The van der Waals surface area contributed by atoms with Gasteiger partial charge in [0, 0.05) is 37.9 Å². The highest BCUT2D eigenvalue weighted by Crippen LogP contribution is 2.34. The standard InChI is InChI=1S/C19H27N3O4/c1-3-7-20(8-4-2)18(23)14-21-9-10-22(19(21)24)15-5-6-16-17(13-15)26-12-11-25-16/h5-6,13H,3-4,7-12,14H2,1-2H3. The van der Waals surface area contributed by atoms with Gasteiger partial charge in [0.25, 0.3) is 0 Å². The Morgan fingerprint density at radius 3 is 2.46 bits per heavy atom. The zero-order valence-corrected chi connectivity index (χ0v) is 15.6. The lowest BCUT2D eigenvalue weighted by Gasteiger charge is -2.25. The minimum absolute atomic E-state index is 0.0195. The average Bonchev–Trinajstić information content (AvgIpc) is 3.01. The van der Waals surface area contributed by atoms with E-state index in [1.165, 1.54) is 0 Å². The van der Waals surface area contributed by atoms with E-state index in [1.54, 1.807) is 9.80 Å². The molecular weight excluding hydrogens is 334 g/mol. The number of hydrogen-bond acceptors (Lipinski definition) is 4. The van der Waals surface area contributed by atoms with Crippen molar-refractivity contribution in [1.29, 1.82) is 0 Å². The lowest BCUT2D eigenvalue weighted by Crippen LogP contribution is -2.42. The van der Waals surface area contributed by atoms with Crippen molar-refractivity contribution in [3.63, 3.8) is 0 Å². The zero-order chi connectivity index (χ0) is 18.5. The van der Waals surface area contributed by atoms with Crippen molar-refractivity contribution >= 4 is 17.6 Å². The van der Waals surface area contributed by atoms with Gasteiger partial charge in [0.1, 0.15) is 19.8 Å². The molecule has 7 heteroatoms. The average molecular weight is 361 g/mol. The second kappa shape index (κ2) is 8.29. The van der Waals surface area contributed by atoms with Crippen LogP contribution in [0.3, 0.4) is 0 Å². The first kappa shape index (κ1) is 18.4. The Morgan fingerprint density at radius 1 is 1.08 bits per heavy atom. The first-order valence-electron chi connectivity index (χ1n) is 9.38. The maximum absolute atomic E-state index is 12.8. The van der Waals surface area contributed by atoms with E-state index in [0.29, 0.717) is 37.8 Å². The van der Waals surface area contributed by atoms with E-state index in [0.717, 1.165) is 31.6 Å². The van der Waals surface area contributed by atoms with Gasteiger partial charge in [-0.1, -0.05) is 13.8 Å². The van der Waals surface area contributed by atoms with Gasteiger partial charge in [-0.25, -0.2) is 4.79 Å². The molecule has 3 rings (SSSR count). The van der Waals surface area contributed by atoms with Gasteiger partial charge in [0.2, 0.25) is 5.91 Å². The number of amides is 3. The number of fused-ring (bicyclic) bond motifs is 1. The molecule has 0 radical (unpaired) electrons. The Kier molecular flexibility index (Phi) is 5.85. The monoisotopic (exact) mass is 361 g/mol. The maximum Gasteiger partial charge on any atom is 0.325 e. The zero-order valence-electron chi connectivity index (χ0n) is 15.6. The van der Waals surface area contributed by atoms with Crippen molar-refractivity contribution < 1.29 is 19.1 Å². The fraction of sp³-hybridized carbons (Fsp3) is 0.579. The van der Waals surface area contributed by atoms with Crippen LogP contribution in [0.5, 0.6) is 11.5 Å². The first-order chi connectivity index (χ1) is 12.6. The molecule has 0 aliphatic carbocycles. The van der Waals surface area contributed by atoms with Crippen LogP contribution in [-0.2, 0) is 4.79 Å². The van der Waals surface area contributed by atoms with E-state index in [2.05, 4.69) is 13.8 Å². The number of urea groups is 1.